The standard InChI is InChI=1S/C22H28N2O2.ClH/c1-15-6-8-16(9-7-15)22(17-10-12-19(26-2)13-11-17)24-21(25)14-18-4-3-5-20(18)23;/h6-13,18,20,22H,3-5,14,23H2,1-2H3,(H,24,25);1H/t18-,20+,22?;/m0./s1. The topological polar surface area (TPSA) is 64.3 Å². The fourth-order valence-electron chi connectivity index (χ4n) is 3.69. The lowest BCUT2D eigenvalue weighted by atomic mass is 9.96. The largest absolute Gasteiger partial charge is 0.497 e. The van der Waals surface area contributed by atoms with Gasteiger partial charge in [0, 0.05) is 12.5 Å². The van der Waals surface area contributed by atoms with Crippen LogP contribution < -0.4 is 15.8 Å². The number of hydrogen-bond donors (Lipinski definition) is 2. The molecule has 2 aromatic rings. The number of nitrogens with two attached hydrogens (primary N) is 1. The molecule has 0 aromatic heterocycles. The van der Waals surface area contributed by atoms with Crippen molar-refractivity contribution in [2.24, 2.45) is 11.7 Å². The van der Waals surface area contributed by atoms with Crippen molar-refractivity contribution in [2.45, 2.75) is 44.7 Å². The van der Waals surface area contributed by atoms with E-state index in [1.807, 2.05) is 24.3 Å². The number of hydrogen-bond acceptors (Lipinski definition) is 3. The first-order chi connectivity index (χ1) is 12.6. The Kier molecular flexibility index (Phi) is 7.69. The Bertz CT molecular complexity index is 731. The maximum Gasteiger partial charge on any atom is 0.221 e. The number of amides is 1. The van der Waals surface area contributed by atoms with E-state index in [-0.39, 0.29) is 30.4 Å². The minimum Gasteiger partial charge on any atom is -0.497 e. The molecule has 2 aromatic carbocycles. The van der Waals surface area contributed by atoms with Crippen molar-refractivity contribution in [3.63, 3.8) is 0 Å². The normalized spacial score (nSPS) is 19.8. The van der Waals surface area contributed by atoms with Gasteiger partial charge in [0.25, 0.3) is 0 Å². The van der Waals surface area contributed by atoms with Gasteiger partial charge in [-0.2, -0.15) is 0 Å². The molecule has 0 bridgehead atoms. The van der Waals surface area contributed by atoms with E-state index >= 15 is 0 Å². The summed E-state index contributed by atoms with van der Waals surface area (Å²) in [5.74, 6) is 1.16. The van der Waals surface area contributed by atoms with Gasteiger partial charge in [0.1, 0.15) is 5.75 Å². The van der Waals surface area contributed by atoms with Crippen molar-refractivity contribution in [3.05, 3.63) is 65.2 Å². The van der Waals surface area contributed by atoms with Crippen LogP contribution in [0.3, 0.4) is 0 Å². The second-order valence-corrected chi connectivity index (χ2v) is 7.24. The summed E-state index contributed by atoms with van der Waals surface area (Å²) in [7, 11) is 1.65. The van der Waals surface area contributed by atoms with E-state index in [4.69, 9.17) is 10.5 Å². The zero-order chi connectivity index (χ0) is 18.5. The van der Waals surface area contributed by atoms with Crippen LogP contribution in [0.2, 0.25) is 0 Å². The van der Waals surface area contributed by atoms with E-state index in [0.717, 1.165) is 36.1 Å². The van der Waals surface area contributed by atoms with Crippen molar-refractivity contribution in [2.75, 3.05) is 7.11 Å². The SMILES string of the molecule is COc1ccc(C(NC(=O)C[C@@H]2CCC[C@H]2N)c2ccc(C)cc2)cc1.Cl. The van der Waals surface area contributed by atoms with E-state index in [2.05, 4.69) is 36.5 Å². The third-order valence-electron chi connectivity index (χ3n) is 5.33. The second kappa shape index (κ2) is 9.77. The average Bonchev–Trinajstić information content (AvgIpc) is 3.05. The highest BCUT2D eigenvalue weighted by atomic mass is 35.5. The molecule has 0 heterocycles. The van der Waals surface area contributed by atoms with Crippen LogP contribution in [0.5, 0.6) is 5.75 Å². The summed E-state index contributed by atoms with van der Waals surface area (Å²) in [4.78, 5) is 12.7. The number of carbonyl (C=O) groups excluding carboxylic acids is 1. The van der Waals surface area contributed by atoms with Crippen LogP contribution >= 0.6 is 12.4 Å². The van der Waals surface area contributed by atoms with Gasteiger partial charge in [0.05, 0.1) is 13.2 Å². The number of nitrogens with one attached hydrogen (secondary N) is 1. The average molecular weight is 389 g/mol. The lowest BCUT2D eigenvalue weighted by Crippen LogP contribution is -2.34. The Hall–Kier alpha value is -2.04. The highest BCUT2D eigenvalue weighted by Gasteiger charge is 2.27. The highest BCUT2D eigenvalue weighted by Crippen LogP contribution is 2.28. The maximum absolute atomic E-state index is 12.7. The van der Waals surface area contributed by atoms with Gasteiger partial charge in [-0.05, 0) is 48.9 Å². The van der Waals surface area contributed by atoms with Gasteiger partial charge in [-0.25, -0.2) is 0 Å². The van der Waals surface area contributed by atoms with E-state index in [0.29, 0.717) is 12.3 Å². The Morgan fingerprint density at radius 3 is 2.22 bits per heavy atom. The van der Waals surface area contributed by atoms with Crippen LogP contribution in [-0.4, -0.2) is 19.1 Å². The van der Waals surface area contributed by atoms with Crippen molar-refractivity contribution < 1.29 is 9.53 Å². The molecule has 0 spiro atoms. The molecule has 1 aliphatic rings. The molecule has 1 unspecified atom stereocenters. The summed E-state index contributed by atoms with van der Waals surface area (Å²) in [5.41, 5.74) is 9.45. The molecule has 4 nitrogen and oxygen atoms in total. The first-order valence-electron chi connectivity index (χ1n) is 9.32. The molecular weight excluding hydrogens is 360 g/mol. The summed E-state index contributed by atoms with van der Waals surface area (Å²) in [6, 6.07) is 16.1. The summed E-state index contributed by atoms with van der Waals surface area (Å²) < 4.78 is 5.25. The molecule has 146 valence electrons. The number of rotatable bonds is 6. The maximum atomic E-state index is 12.7. The van der Waals surface area contributed by atoms with Gasteiger partial charge in [-0.3, -0.25) is 4.79 Å². The Morgan fingerprint density at radius 2 is 1.70 bits per heavy atom. The number of benzene rings is 2. The fourth-order valence-corrected chi connectivity index (χ4v) is 3.69. The summed E-state index contributed by atoms with van der Waals surface area (Å²) in [6.07, 6.45) is 3.70. The third-order valence-corrected chi connectivity index (χ3v) is 5.33. The number of methoxy groups -OCH3 is 1. The van der Waals surface area contributed by atoms with E-state index in [9.17, 15) is 4.79 Å². The number of ether oxygens (including phenoxy) is 1. The molecule has 1 amide bonds. The predicted molar refractivity (Wildman–Crippen MR) is 111 cm³/mol. The Morgan fingerprint density at radius 1 is 1.11 bits per heavy atom. The summed E-state index contributed by atoms with van der Waals surface area (Å²) in [5, 5.41) is 3.22. The molecule has 3 atom stereocenters. The first kappa shape index (κ1) is 21.3. The van der Waals surface area contributed by atoms with Crippen molar-refractivity contribution in [1.82, 2.24) is 5.32 Å². The van der Waals surface area contributed by atoms with Crippen LogP contribution in [0.25, 0.3) is 0 Å². The van der Waals surface area contributed by atoms with Crippen LogP contribution in [0, 0.1) is 12.8 Å². The fraction of sp³-hybridized carbons (Fsp3) is 0.409. The van der Waals surface area contributed by atoms with Crippen LogP contribution in [-0.2, 0) is 4.79 Å². The number of aryl methyl sites for hydroxylation is 1. The van der Waals surface area contributed by atoms with Gasteiger partial charge >= 0.3 is 0 Å². The molecule has 27 heavy (non-hydrogen) atoms. The zero-order valence-corrected chi connectivity index (χ0v) is 16.8. The van der Waals surface area contributed by atoms with Gasteiger partial charge in [-0.1, -0.05) is 48.4 Å². The summed E-state index contributed by atoms with van der Waals surface area (Å²) >= 11 is 0. The lowest BCUT2D eigenvalue weighted by Gasteiger charge is -2.22. The van der Waals surface area contributed by atoms with Gasteiger partial charge in [0.15, 0.2) is 0 Å². The van der Waals surface area contributed by atoms with E-state index < -0.39 is 0 Å². The van der Waals surface area contributed by atoms with Crippen molar-refractivity contribution in [3.8, 4) is 5.75 Å². The molecule has 5 heteroatoms. The van der Waals surface area contributed by atoms with E-state index in [1.165, 1.54) is 5.56 Å². The van der Waals surface area contributed by atoms with Crippen LogP contribution in [0.15, 0.2) is 48.5 Å². The number of carbonyl (C=O) groups is 1. The molecule has 3 N–H and O–H groups in total. The first-order valence-corrected chi connectivity index (χ1v) is 9.32. The van der Waals surface area contributed by atoms with Crippen molar-refractivity contribution in [1.29, 1.82) is 0 Å². The smallest absolute Gasteiger partial charge is 0.221 e. The molecule has 3 rings (SSSR count). The van der Waals surface area contributed by atoms with Crippen LogP contribution in [0.4, 0.5) is 0 Å². The molecular formula is C22H29ClN2O2. The molecule has 0 radical (unpaired) electrons. The third kappa shape index (κ3) is 5.47. The molecule has 1 saturated carbocycles. The molecule has 1 aliphatic carbocycles. The minimum atomic E-state index is -0.174. The Labute approximate surface area is 167 Å². The van der Waals surface area contributed by atoms with Gasteiger partial charge in [-0.15, -0.1) is 12.4 Å². The quantitative estimate of drug-likeness (QED) is 0.781. The minimum absolute atomic E-state index is 0. The van der Waals surface area contributed by atoms with Crippen LogP contribution in [0.1, 0.15) is 48.4 Å². The molecule has 0 saturated heterocycles. The monoisotopic (exact) mass is 388 g/mol. The lowest BCUT2D eigenvalue weighted by molar-refractivity contribution is -0.122. The predicted octanol–water partition coefficient (Wildman–Crippen LogP) is 4.15. The number of halogens is 1. The van der Waals surface area contributed by atoms with Crippen molar-refractivity contribution >= 4 is 18.3 Å². The Balaban J connectivity index is 0.00000261. The van der Waals surface area contributed by atoms with Gasteiger partial charge in [0.2, 0.25) is 5.91 Å². The van der Waals surface area contributed by atoms with E-state index in [1.54, 1.807) is 7.11 Å². The zero-order valence-electron chi connectivity index (χ0n) is 16.0. The van der Waals surface area contributed by atoms with Gasteiger partial charge < -0.3 is 15.8 Å². The molecule has 0 aliphatic heterocycles. The second-order valence-electron chi connectivity index (χ2n) is 7.24. The highest BCUT2D eigenvalue weighted by molar-refractivity contribution is 5.85. The summed E-state index contributed by atoms with van der Waals surface area (Å²) in [6.45, 7) is 2.06. The molecule has 1 fully saturated rings.